The molecule has 100 valence electrons. The van der Waals surface area contributed by atoms with Gasteiger partial charge in [-0.1, -0.05) is 25.5 Å². The van der Waals surface area contributed by atoms with Gasteiger partial charge in [-0.3, -0.25) is 0 Å². The van der Waals surface area contributed by atoms with Crippen molar-refractivity contribution in [1.29, 1.82) is 0 Å². The first-order chi connectivity index (χ1) is 8.38. The third-order valence-corrected chi connectivity index (χ3v) is 3.76. The van der Waals surface area contributed by atoms with Crippen molar-refractivity contribution in [3.8, 4) is 0 Å². The average molecular weight is 258 g/mol. The molecule has 0 radical (unpaired) electrons. The lowest BCUT2D eigenvalue weighted by Gasteiger charge is -2.19. The first kappa shape index (κ1) is 13.4. The Kier molecular flexibility index (Phi) is 3.66. The highest BCUT2D eigenvalue weighted by molar-refractivity contribution is 5.26. The monoisotopic (exact) mass is 258 g/mol. The van der Waals surface area contributed by atoms with E-state index in [1.54, 1.807) is 0 Å². The van der Waals surface area contributed by atoms with Gasteiger partial charge in [0.25, 0.3) is 0 Å². The van der Waals surface area contributed by atoms with Crippen LogP contribution in [-0.4, -0.2) is 5.11 Å². The van der Waals surface area contributed by atoms with Gasteiger partial charge in [0.15, 0.2) is 0 Å². The van der Waals surface area contributed by atoms with Crippen LogP contribution in [0.25, 0.3) is 0 Å². The molecule has 18 heavy (non-hydrogen) atoms. The van der Waals surface area contributed by atoms with Gasteiger partial charge < -0.3 is 5.11 Å². The van der Waals surface area contributed by atoms with Crippen LogP contribution < -0.4 is 0 Å². The average Bonchev–Trinajstić information content (AvgIpc) is 2.74. The summed E-state index contributed by atoms with van der Waals surface area (Å²) in [4.78, 5) is 0. The van der Waals surface area contributed by atoms with Crippen molar-refractivity contribution < 1.29 is 18.3 Å². The minimum atomic E-state index is -4.31. The maximum Gasteiger partial charge on any atom is 0.416 e. The van der Waals surface area contributed by atoms with Crippen LogP contribution in [0.15, 0.2) is 24.3 Å². The highest BCUT2D eigenvalue weighted by Gasteiger charge is 2.32. The van der Waals surface area contributed by atoms with E-state index >= 15 is 0 Å². The van der Waals surface area contributed by atoms with Gasteiger partial charge in [-0.2, -0.15) is 13.2 Å². The molecule has 0 amide bonds. The van der Waals surface area contributed by atoms with E-state index in [2.05, 4.69) is 6.92 Å². The summed E-state index contributed by atoms with van der Waals surface area (Å²) in [5.41, 5.74) is -0.0830. The third kappa shape index (κ3) is 2.86. The van der Waals surface area contributed by atoms with E-state index in [1.165, 1.54) is 12.1 Å². The summed E-state index contributed by atoms with van der Waals surface area (Å²) in [5, 5.41) is 10.2. The Labute approximate surface area is 105 Å². The Morgan fingerprint density at radius 2 is 1.78 bits per heavy atom. The Morgan fingerprint density at radius 3 is 2.22 bits per heavy atom. The molecular weight excluding hydrogens is 241 g/mol. The second kappa shape index (κ2) is 4.92. The minimum Gasteiger partial charge on any atom is -0.388 e. The lowest BCUT2D eigenvalue weighted by molar-refractivity contribution is -0.137. The number of alkyl halides is 3. The molecule has 0 aliphatic heterocycles. The van der Waals surface area contributed by atoms with E-state index < -0.39 is 17.8 Å². The van der Waals surface area contributed by atoms with Crippen LogP contribution in [0, 0.1) is 11.8 Å². The second-order valence-electron chi connectivity index (χ2n) is 5.24. The van der Waals surface area contributed by atoms with Gasteiger partial charge >= 0.3 is 6.18 Å². The molecule has 1 saturated carbocycles. The number of hydrogen-bond donors (Lipinski definition) is 1. The van der Waals surface area contributed by atoms with E-state index in [-0.39, 0.29) is 5.92 Å². The second-order valence-corrected chi connectivity index (χ2v) is 5.24. The van der Waals surface area contributed by atoms with Gasteiger partial charge in [0, 0.05) is 0 Å². The first-order valence-corrected chi connectivity index (χ1v) is 6.23. The molecule has 1 nitrogen and oxygen atoms in total. The highest BCUT2D eigenvalue weighted by Crippen LogP contribution is 2.39. The topological polar surface area (TPSA) is 20.2 Å². The van der Waals surface area contributed by atoms with Crippen LogP contribution in [0.4, 0.5) is 13.2 Å². The van der Waals surface area contributed by atoms with E-state index in [0.29, 0.717) is 11.5 Å². The van der Waals surface area contributed by atoms with E-state index in [4.69, 9.17) is 0 Å². The summed E-state index contributed by atoms with van der Waals surface area (Å²) < 4.78 is 37.2. The largest absolute Gasteiger partial charge is 0.416 e. The number of benzene rings is 1. The SMILES string of the molecule is CC1CCC(C(O)c2ccc(C(F)(F)F)cc2)C1. The van der Waals surface area contributed by atoms with Crippen molar-refractivity contribution in [2.45, 2.75) is 38.5 Å². The molecular formula is C14H17F3O. The Bertz CT molecular complexity index is 396. The normalized spacial score (nSPS) is 26.3. The molecule has 0 aromatic heterocycles. The molecule has 0 heterocycles. The fraction of sp³-hybridized carbons (Fsp3) is 0.571. The zero-order chi connectivity index (χ0) is 13.3. The van der Waals surface area contributed by atoms with Crippen LogP contribution in [0.3, 0.4) is 0 Å². The fourth-order valence-corrected chi connectivity index (χ4v) is 2.68. The molecule has 1 aliphatic carbocycles. The molecule has 3 atom stereocenters. The van der Waals surface area contributed by atoms with Crippen LogP contribution in [0.5, 0.6) is 0 Å². The Balaban J connectivity index is 2.10. The van der Waals surface area contributed by atoms with E-state index in [9.17, 15) is 18.3 Å². The summed E-state index contributed by atoms with van der Waals surface area (Å²) in [6, 6.07) is 4.85. The Hall–Kier alpha value is -1.03. The molecule has 2 rings (SSSR count). The maximum atomic E-state index is 12.4. The van der Waals surface area contributed by atoms with Crippen LogP contribution in [0.2, 0.25) is 0 Å². The van der Waals surface area contributed by atoms with Crippen LogP contribution in [0.1, 0.15) is 43.4 Å². The maximum absolute atomic E-state index is 12.4. The number of halogens is 3. The smallest absolute Gasteiger partial charge is 0.388 e. The van der Waals surface area contributed by atoms with E-state index in [0.717, 1.165) is 31.4 Å². The number of hydrogen-bond acceptors (Lipinski definition) is 1. The van der Waals surface area contributed by atoms with Gasteiger partial charge in [-0.05, 0) is 42.4 Å². The van der Waals surface area contributed by atoms with Crippen LogP contribution >= 0.6 is 0 Å². The predicted molar refractivity (Wildman–Crippen MR) is 62.9 cm³/mol. The molecule has 0 spiro atoms. The highest BCUT2D eigenvalue weighted by atomic mass is 19.4. The minimum absolute atomic E-state index is 0.178. The van der Waals surface area contributed by atoms with Crippen molar-refractivity contribution in [3.05, 3.63) is 35.4 Å². The van der Waals surface area contributed by atoms with Crippen molar-refractivity contribution in [1.82, 2.24) is 0 Å². The molecule has 1 aromatic rings. The lowest BCUT2D eigenvalue weighted by atomic mass is 9.93. The van der Waals surface area contributed by atoms with Gasteiger partial charge in [0.2, 0.25) is 0 Å². The van der Waals surface area contributed by atoms with Gasteiger partial charge in [0.05, 0.1) is 11.7 Å². The molecule has 1 fully saturated rings. The molecule has 1 aromatic carbocycles. The first-order valence-electron chi connectivity index (χ1n) is 6.23. The summed E-state index contributed by atoms with van der Waals surface area (Å²) in [6.07, 6.45) is -1.98. The van der Waals surface area contributed by atoms with Crippen molar-refractivity contribution >= 4 is 0 Å². The van der Waals surface area contributed by atoms with Crippen LogP contribution in [-0.2, 0) is 6.18 Å². The predicted octanol–water partition coefficient (Wildman–Crippen LogP) is 4.18. The number of aliphatic hydroxyl groups is 1. The zero-order valence-corrected chi connectivity index (χ0v) is 10.2. The lowest BCUT2D eigenvalue weighted by Crippen LogP contribution is -2.10. The van der Waals surface area contributed by atoms with E-state index in [1.807, 2.05) is 0 Å². The van der Waals surface area contributed by atoms with Crippen molar-refractivity contribution in [2.24, 2.45) is 11.8 Å². The quantitative estimate of drug-likeness (QED) is 0.843. The molecule has 0 saturated heterocycles. The molecule has 4 heteroatoms. The fourth-order valence-electron chi connectivity index (χ4n) is 2.68. The summed E-state index contributed by atoms with van der Waals surface area (Å²) >= 11 is 0. The summed E-state index contributed by atoms with van der Waals surface area (Å²) in [5.74, 6) is 0.774. The summed E-state index contributed by atoms with van der Waals surface area (Å²) in [6.45, 7) is 2.14. The standard InChI is InChI=1S/C14H17F3O/c1-9-2-3-11(8-9)13(18)10-4-6-12(7-5-10)14(15,16)17/h4-7,9,11,13,18H,2-3,8H2,1H3. The zero-order valence-electron chi connectivity index (χ0n) is 10.2. The molecule has 0 bridgehead atoms. The molecule has 1 aliphatic rings. The third-order valence-electron chi connectivity index (χ3n) is 3.76. The van der Waals surface area contributed by atoms with Gasteiger partial charge in [-0.25, -0.2) is 0 Å². The van der Waals surface area contributed by atoms with Gasteiger partial charge in [0.1, 0.15) is 0 Å². The van der Waals surface area contributed by atoms with Crippen molar-refractivity contribution in [3.63, 3.8) is 0 Å². The number of aliphatic hydroxyl groups excluding tert-OH is 1. The molecule has 3 unspecified atom stereocenters. The van der Waals surface area contributed by atoms with Crippen molar-refractivity contribution in [2.75, 3.05) is 0 Å². The van der Waals surface area contributed by atoms with Gasteiger partial charge in [-0.15, -0.1) is 0 Å². The number of rotatable bonds is 2. The summed E-state index contributed by atoms with van der Waals surface area (Å²) in [7, 11) is 0. The Morgan fingerprint density at radius 1 is 1.17 bits per heavy atom. The molecule has 1 N–H and O–H groups in total.